The molecule has 0 aliphatic carbocycles. The summed E-state index contributed by atoms with van der Waals surface area (Å²) in [4.78, 5) is 34.9. The molecule has 4 atom stereocenters. The number of phosphoric ester groups is 1. The van der Waals surface area contributed by atoms with Crippen LogP contribution in [0.5, 0.6) is 0 Å². The summed E-state index contributed by atoms with van der Waals surface area (Å²) < 4.78 is 32.5. The molecule has 4 N–H and O–H groups in total. The van der Waals surface area contributed by atoms with E-state index in [1.807, 2.05) is 12.2 Å². The van der Waals surface area contributed by atoms with Crippen molar-refractivity contribution in [1.29, 1.82) is 0 Å². The number of allylic oxidation sites excluding steroid dienone is 13. The molecule has 0 saturated carbocycles. The van der Waals surface area contributed by atoms with Crippen molar-refractivity contribution < 1.29 is 52.9 Å². The predicted octanol–water partition coefficient (Wildman–Crippen LogP) is 9.63. The zero-order chi connectivity index (χ0) is 41.4. The van der Waals surface area contributed by atoms with Crippen molar-refractivity contribution in [2.45, 2.75) is 154 Å². The Morgan fingerprint density at radius 1 is 0.607 bits per heavy atom. The van der Waals surface area contributed by atoms with Crippen molar-refractivity contribution in [3.05, 3.63) is 85.1 Å². The van der Waals surface area contributed by atoms with Crippen molar-refractivity contribution in [2.75, 3.05) is 26.4 Å². The molecule has 0 amide bonds. The Morgan fingerprint density at radius 2 is 1.11 bits per heavy atom. The monoisotopic (exact) mass is 808 g/mol. The fourth-order valence-electron chi connectivity index (χ4n) is 4.87. The Morgan fingerprint density at radius 3 is 1.66 bits per heavy atom. The van der Waals surface area contributed by atoms with Crippen LogP contribution < -0.4 is 0 Å². The lowest BCUT2D eigenvalue weighted by molar-refractivity contribution is -0.161. The molecule has 1 unspecified atom stereocenters. The number of ether oxygens (including phenoxy) is 2. The van der Waals surface area contributed by atoms with Crippen LogP contribution in [0.2, 0.25) is 0 Å². The lowest BCUT2D eigenvalue weighted by atomic mass is 10.1. The van der Waals surface area contributed by atoms with Crippen LogP contribution in [0.25, 0.3) is 0 Å². The topological polar surface area (TPSA) is 169 Å². The van der Waals surface area contributed by atoms with Gasteiger partial charge in [-0.05, 0) is 83.5 Å². The maximum Gasteiger partial charge on any atom is 0.472 e. The molecule has 0 aromatic carbocycles. The van der Waals surface area contributed by atoms with Gasteiger partial charge in [0.1, 0.15) is 12.7 Å². The van der Waals surface area contributed by atoms with Crippen LogP contribution >= 0.6 is 7.82 Å². The Kier molecular flexibility index (Phi) is 36.9. The lowest BCUT2D eigenvalue weighted by Gasteiger charge is -2.20. The van der Waals surface area contributed by atoms with E-state index in [0.717, 1.165) is 51.4 Å². The number of hydrogen-bond donors (Lipinski definition) is 4. The van der Waals surface area contributed by atoms with Crippen LogP contribution in [0.4, 0.5) is 0 Å². The van der Waals surface area contributed by atoms with Gasteiger partial charge in [-0.3, -0.25) is 18.6 Å². The van der Waals surface area contributed by atoms with E-state index in [-0.39, 0.29) is 12.8 Å². The third-order valence-corrected chi connectivity index (χ3v) is 9.08. The molecule has 11 nitrogen and oxygen atoms in total. The molecular weight excluding hydrogens is 735 g/mol. The molecule has 0 spiro atoms. The fraction of sp³-hybridized carbons (Fsp3) is 0.636. The summed E-state index contributed by atoms with van der Waals surface area (Å²) in [5.41, 5.74) is 0. The quantitative estimate of drug-likeness (QED) is 0.0155. The van der Waals surface area contributed by atoms with Gasteiger partial charge < -0.3 is 29.7 Å². The summed E-state index contributed by atoms with van der Waals surface area (Å²) in [6.07, 6.45) is 41.5. The van der Waals surface area contributed by atoms with Gasteiger partial charge in [-0.2, -0.15) is 0 Å². The third-order valence-electron chi connectivity index (χ3n) is 8.13. The molecular formula is C44H73O11P. The molecule has 0 saturated heterocycles. The standard InChI is InChI=1S/C44H73O11P/c1-3-5-7-9-11-13-15-17-18-20-22-24-26-28-30-34-43(48)52-38-42(39-54-56(50,51)53-37-41(47)36-45)55-44(49)35-31-33-40(46)32-29-27-25-23-21-19-16-14-12-10-8-6-4-2/h11-14,17-19,21-22,24-25,27,29,32,40-42,45-47H,3-10,15-16,20,23,26,28,30-31,33-39H2,1-2H3,(H,50,51)/b13-11-,14-12-,18-17-,21-19-,24-22-,27-25-,32-29+/t40-,41-,42+/m0/s1. The normalized spacial score (nSPS) is 15.3. The Hall–Kier alpha value is -2.89. The summed E-state index contributed by atoms with van der Waals surface area (Å²) in [6, 6.07) is 0. The molecule has 0 rings (SSSR count). The highest BCUT2D eigenvalue weighted by Gasteiger charge is 2.27. The van der Waals surface area contributed by atoms with Crippen LogP contribution in [0, 0.1) is 0 Å². The van der Waals surface area contributed by atoms with Gasteiger partial charge in [-0.15, -0.1) is 0 Å². The molecule has 0 fully saturated rings. The second-order valence-electron chi connectivity index (χ2n) is 13.5. The molecule has 0 radical (unpaired) electrons. The highest BCUT2D eigenvalue weighted by atomic mass is 31.2. The molecule has 320 valence electrons. The van der Waals surface area contributed by atoms with Crippen LogP contribution in [0.3, 0.4) is 0 Å². The highest BCUT2D eigenvalue weighted by Crippen LogP contribution is 2.43. The van der Waals surface area contributed by atoms with Crippen molar-refractivity contribution in [2.24, 2.45) is 0 Å². The number of aliphatic hydroxyl groups is 3. The maximum absolute atomic E-state index is 12.6. The first-order valence-corrected chi connectivity index (χ1v) is 22.1. The summed E-state index contributed by atoms with van der Waals surface area (Å²) in [5, 5.41) is 28.6. The van der Waals surface area contributed by atoms with Gasteiger partial charge in [-0.25, -0.2) is 4.57 Å². The number of phosphoric acid groups is 1. The Bertz CT molecular complexity index is 1220. The number of carbonyl (C=O) groups is 2. The van der Waals surface area contributed by atoms with Crippen LogP contribution in [-0.4, -0.2) is 76.9 Å². The Balaban J connectivity index is 4.62. The molecule has 0 heterocycles. The first kappa shape index (κ1) is 53.1. The van der Waals surface area contributed by atoms with E-state index in [2.05, 4.69) is 79.1 Å². The highest BCUT2D eigenvalue weighted by molar-refractivity contribution is 7.47. The number of esters is 2. The maximum atomic E-state index is 12.6. The van der Waals surface area contributed by atoms with Crippen LogP contribution in [0.15, 0.2) is 85.1 Å². The van der Waals surface area contributed by atoms with E-state index < -0.39 is 64.5 Å². The molecule has 12 heteroatoms. The minimum atomic E-state index is -4.68. The largest absolute Gasteiger partial charge is 0.472 e. The van der Waals surface area contributed by atoms with Crippen molar-refractivity contribution in [3.63, 3.8) is 0 Å². The minimum Gasteiger partial charge on any atom is -0.462 e. The van der Waals surface area contributed by atoms with E-state index >= 15 is 0 Å². The zero-order valence-corrected chi connectivity index (χ0v) is 35.1. The molecule has 0 aromatic heterocycles. The summed E-state index contributed by atoms with van der Waals surface area (Å²) >= 11 is 0. The van der Waals surface area contributed by atoms with E-state index in [9.17, 15) is 29.3 Å². The van der Waals surface area contributed by atoms with Gasteiger partial charge >= 0.3 is 19.8 Å². The van der Waals surface area contributed by atoms with E-state index in [1.165, 1.54) is 38.5 Å². The van der Waals surface area contributed by atoms with Gasteiger partial charge in [0.25, 0.3) is 0 Å². The van der Waals surface area contributed by atoms with Gasteiger partial charge in [0.05, 0.1) is 25.9 Å². The first-order chi connectivity index (χ1) is 27.1. The molecule has 0 aliphatic rings. The van der Waals surface area contributed by atoms with Crippen molar-refractivity contribution in [3.8, 4) is 0 Å². The lowest BCUT2D eigenvalue weighted by Crippen LogP contribution is -2.30. The third kappa shape index (κ3) is 38.0. The number of carbonyl (C=O) groups excluding carboxylic acids is 2. The number of rotatable bonds is 37. The van der Waals surface area contributed by atoms with Gasteiger partial charge in [0.2, 0.25) is 0 Å². The summed E-state index contributed by atoms with van der Waals surface area (Å²) in [7, 11) is -4.68. The van der Waals surface area contributed by atoms with Gasteiger partial charge in [0.15, 0.2) is 6.10 Å². The van der Waals surface area contributed by atoms with E-state index in [4.69, 9.17) is 19.1 Å². The van der Waals surface area contributed by atoms with E-state index in [1.54, 1.807) is 12.2 Å². The molecule has 0 bridgehead atoms. The molecule has 0 aliphatic heterocycles. The summed E-state index contributed by atoms with van der Waals surface area (Å²) in [5.74, 6) is -1.18. The molecule has 0 aromatic rings. The molecule has 56 heavy (non-hydrogen) atoms. The summed E-state index contributed by atoms with van der Waals surface area (Å²) in [6.45, 7) is 2.02. The second-order valence-corrected chi connectivity index (χ2v) is 15.0. The number of aliphatic hydroxyl groups excluding tert-OH is 3. The SMILES string of the molecule is CCCCC/C=C\C/C=C\C/C=C\C=C\[C@H](O)CCCC(=O)O[C@H](COC(=O)CCCC/C=C\C/C=C\C/C=C\CCCCC)COP(=O)(O)OC[C@@H](O)CO. The van der Waals surface area contributed by atoms with Gasteiger partial charge in [0, 0.05) is 12.8 Å². The average molecular weight is 809 g/mol. The minimum absolute atomic E-state index is 0.0571. The second kappa shape index (κ2) is 39.0. The smallest absolute Gasteiger partial charge is 0.462 e. The van der Waals surface area contributed by atoms with Crippen molar-refractivity contribution >= 4 is 19.8 Å². The average Bonchev–Trinajstić information content (AvgIpc) is 3.18. The van der Waals surface area contributed by atoms with Gasteiger partial charge in [-0.1, -0.05) is 125 Å². The number of hydrogen-bond acceptors (Lipinski definition) is 10. The fourth-order valence-corrected chi connectivity index (χ4v) is 5.65. The number of unbranched alkanes of at least 4 members (excludes halogenated alkanes) is 8. The predicted molar refractivity (Wildman–Crippen MR) is 225 cm³/mol. The van der Waals surface area contributed by atoms with E-state index in [0.29, 0.717) is 19.3 Å². The Labute approximate surface area is 337 Å². The van der Waals surface area contributed by atoms with Crippen molar-refractivity contribution in [1.82, 2.24) is 0 Å². The first-order valence-electron chi connectivity index (χ1n) is 20.7. The van der Waals surface area contributed by atoms with Crippen LogP contribution in [-0.2, 0) is 32.7 Å². The zero-order valence-electron chi connectivity index (χ0n) is 34.2. The van der Waals surface area contributed by atoms with Crippen LogP contribution in [0.1, 0.15) is 136 Å².